The van der Waals surface area contributed by atoms with Crippen LogP contribution in [0.3, 0.4) is 0 Å². The minimum atomic E-state index is -0.743. The maximum Gasteiger partial charge on any atom is 0.1000 e. The highest BCUT2D eigenvalue weighted by molar-refractivity contribution is 7.08. The lowest BCUT2D eigenvalue weighted by atomic mass is 9.93. The van der Waals surface area contributed by atoms with E-state index in [4.69, 9.17) is 0 Å². The number of aliphatic hydroxyl groups is 1. The summed E-state index contributed by atoms with van der Waals surface area (Å²) in [5.74, 6) is 2.39. The first-order chi connectivity index (χ1) is 8.65. The van der Waals surface area contributed by atoms with Crippen LogP contribution >= 0.6 is 11.3 Å². The Morgan fingerprint density at radius 1 is 1.44 bits per heavy atom. The minimum Gasteiger partial charge on any atom is -0.384 e. The molecule has 0 amide bonds. The topological polar surface area (TPSA) is 32.3 Å². The molecule has 1 heterocycles. The maximum absolute atomic E-state index is 10.4. The van der Waals surface area contributed by atoms with Gasteiger partial charge in [-0.1, -0.05) is 12.2 Å². The third-order valence-corrected chi connectivity index (χ3v) is 5.12. The van der Waals surface area contributed by atoms with Crippen molar-refractivity contribution < 1.29 is 5.11 Å². The van der Waals surface area contributed by atoms with Gasteiger partial charge in [0.25, 0.3) is 0 Å². The molecule has 2 aliphatic rings. The molecule has 0 aromatic carbocycles. The van der Waals surface area contributed by atoms with Crippen molar-refractivity contribution in [2.24, 2.45) is 17.8 Å². The number of nitrogens with one attached hydrogen (secondary N) is 1. The molecule has 1 saturated carbocycles. The van der Waals surface area contributed by atoms with Crippen LogP contribution in [-0.4, -0.2) is 18.2 Å². The number of hydrogen-bond acceptors (Lipinski definition) is 3. The first kappa shape index (κ1) is 12.4. The van der Waals surface area contributed by atoms with Crippen molar-refractivity contribution >= 4 is 11.3 Å². The molecule has 1 aromatic heterocycles. The van der Waals surface area contributed by atoms with Gasteiger partial charge in [0.2, 0.25) is 0 Å². The Bertz CT molecular complexity index is 424. The molecule has 0 aliphatic heterocycles. The number of allylic oxidation sites excluding steroid dienone is 2. The zero-order chi connectivity index (χ0) is 12.6. The third-order valence-electron chi connectivity index (χ3n) is 4.44. The Balaban J connectivity index is 1.49. The standard InChI is InChI=1S/C15H21NOS/c1-15(17,14-4-5-18-9-14)10-16-8-13-7-11-2-3-12(13)6-11/h2-5,9,11-13,16-17H,6-8,10H2,1H3. The van der Waals surface area contributed by atoms with Gasteiger partial charge in [-0.3, -0.25) is 0 Å². The molecule has 0 spiro atoms. The van der Waals surface area contributed by atoms with Gasteiger partial charge in [-0.2, -0.15) is 11.3 Å². The molecule has 0 radical (unpaired) electrons. The molecule has 1 fully saturated rings. The monoisotopic (exact) mass is 263 g/mol. The smallest absolute Gasteiger partial charge is 0.1000 e. The van der Waals surface area contributed by atoms with Crippen molar-refractivity contribution in [3.63, 3.8) is 0 Å². The average Bonchev–Trinajstić information content (AvgIpc) is 3.06. The summed E-state index contributed by atoms with van der Waals surface area (Å²) in [6.07, 6.45) is 7.45. The summed E-state index contributed by atoms with van der Waals surface area (Å²) < 4.78 is 0. The van der Waals surface area contributed by atoms with Gasteiger partial charge < -0.3 is 10.4 Å². The maximum atomic E-state index is 10.4. The highest BCUT2D eigenvalue weighted by Crippen LogP contribution is 2.43. The lowest BCUT2D eigenvalue weighted by Crippen LogP contribution is -2.38. The normalized spacial score (nSPS) is 32.9. The predicted molar refractivity (Wildman–Crippen MR) is 75.6 cm³/mol. The van der Waals surface area contributed by atoms with Crippen molar-refractivity contribution in [3.8, 4) is 0 Å². The summed E-state index contributed by atoms with van der Waals surface area (Å²) in [7, 11) is 0. The SMILES string of the molecule is CC(O)(CNCC1CC2C=CC1C2)c1ccsc1. The lowest BCUT2D eigenvalue weighted by molar-refractivity contribution is 0.0561. The second kappa shape index (κ2) is 4.80. The van der Waals surface area contributed by atoms with Gasteiger partial charge in [0.05, 0.1) is 5.60 Å². The fourth-order valence-electron chi connectivity index (χ4n) is 3.30. The number of hydrogen-bond donors (Lipinski definition) is 2. The fourth-order valence-corrected chi connectivity index (χ4v) is 4.09. The van der Waals surface area contributed by atoms with E-state index in [1.807, 2.05) is 23.8 Å². The van der Waals surface area contributed by atoms with E-state index in [0.717, 1.165) is 29.9 Å². The van der Waals surface area contributed by atoms with E-state index in [9.17, 15) is 5.11 Å². The molecule has 2 N–H and O–H groups in total. The van der Waals surface area contributed by atoms with E-state index in [2.05, 4.69) is 17.5 Å². The van der Waals surface area contributed by atoms with E-state index in [0.29, 0.717) is 6.54 Å². The van der Waals surface area contributed by atoms with Crippen LogP contribution in [0.4, 0.5) is 0 Å². The van der Waals surface area contributed by atoms with Crippen molar-refractivity contribution in [2.45, 2.75) is 25.4 Å². The van der Waals surface area contributed by atoms with Gasteiger partial charge in [-0.15, -0.1) is 0 Å². The van der Waals surface area contributed by atoms with Crippen molar-refractivity contribution in [1.29, 1.82) is 0 Å². The largest absolute Gasteiger partial charge is 0.384 e. The van der Waals surface area contributed by atoms with E-state index in [-0.39, 0.29) is 0 Å². The molecule has 98 valence electrons. The van der Waals surface area contributed by atoms with Gasteiger partial charge in [0.15, 0.2) is 0 Å². The Kier molecular flexibility index (Phi) is 3.31. The molecule has 4 atom stereocenters. The van der Waals surface area contributed by atoms with Crippen LogP contribution in [0.5, 0.6) is 0 Å². The lowest BCUT2D eigenvalue weighted by Gasteiger charge is -2.25. The Morgan fingerprint density at radius 2 is 2.33 bits per heavy atom. The summed E-state index contributed by atoms with van der Waals surface area (Å²) in [6.45, 7) is 3.57. The van der Waals surface area contributed by atoms with Gasteiger partial charge in [0.1, 0.15) is 0 Å². The molecule has 2 aliphatic carbocycles. The Labute approximate surface area is 113 Å². The van der Waals surface area contributed by atoms with Crippen LogP contribution in [-0.2, 0) is 5.60 Å². The zero-order valence-corrected chi connectivity index (χ0v) is 11.6. The summed E-state index contributed by atoms with van der Waals surface area (Å²) in [6, 6.07) is 2.01. The minimum absolute atomic E-state index is 0.640. The highest BCUT2D eigenvalue weighted by Gasteiger charge is 2.35. The quantitative estimate of drug-likeness (QED) is 0.801. The summed E-state index contributed by atoms with van der Waals surface area (Å²) in [5, 5.41) is 17.9. The molecular weight excluding hydrogens is 242 g/mol. The van der Waals surface area contributed by atoms with Crippen molar-refractivity contribution in [1.82, 2.24) is 5.32 Å². The van der Waals surface area contributed by atoms with Crippen molar-refractivity contribution in [2.75, 3.05) is 13.1 Å². The van der Waals surface area contributed by atoms with Gasteiger partial charge >= 0.3 is 0 Å². The highest BCUT2D eigenvalue weighted by atomic mass is 32.1. The Morgan fingerprint density at radius 3 is 2.94 bits per heavy atom. The van der Waals surface area contributed by atoms with E-state index < -0.39 is 5.60 Å². The molecule has 1 aromatic rings. The third kappa shape index (κ3) is 2.40. The summed E-state index contributed by atoms with van der Waals surface area (Å²) >= 11 is 1.64. The molecule has 0 saturated heterocycles. The summed E-state index contributed by atoms with van der Waals surface area (Å²) in [5.41, 5.74) is 0.279. The van der Waals surface area contributed by atoms with Crippen LogP contribution in [0, 0.1) is 17.8 Å². The summed E-state index contributed by atoms with van der Waals surface area (Å²) in [4.78, 5) is 0. The number of rotatable bonds is 5. The first-order valence-electron chi connectivity index (χ1n) is 6.79. The second-order valence-corrected chi connectivity index (χ2v) is 6.74. The van der Waals surface area contributed by atoms with Crippen LogP contribution in [0.15, 0.2) is 29.0 Å². The second-order valence-electron chi connectivity index (χ2n) is 5.96. The molecule has 4 unspecified atom stereocenters. The average molecular weight is 263 g/mol. The van der Waals surface area contributed by atoms with E-state index in [1.54, 1.807) is 11.3 Å². The predicted octanol–water partition coefficient (Wildman–Crippen LogP) is 2.76. The molecular formula is C15H21NOS. The molecule has 18 heavy (non-hydrogen) atoms. The Hall–Kier alpha value is -0.640. The van der Waals surface area contributed by atoms with Crippen LogP contribution in [0.25, 0.3) is 0 Å². The molecule has 3 rings (SSSR count). The number of fused-ring (bicyclic) bond motifs is 2. The van der Waals surface area contributed by atoms with E-state index in [1.165, 1.54) is 12.8 Å². The molecule has 2 bridgehead atoms. The van der Waals surface area contributed by atoms with Gasteiger partial charge in [0, 0.05) is 6.54 Å². The van der Waals surface area contributed by atoms with Crippen molar-refractivity contribution in [3.05, 3.63) is 34.5 Å². The van der Waals surface area contributed by atoms with Gasteiger partial charge in [-0.05, 0) is 66.5 Å². The molecule has 3 heteroatoms. The van der Waals surface area contributed by atoms with Gasteiger partial charge in [-0.25, -0.2) is 0 Å². The zero-order valence-electron chi connectivity index (χ0n) is 10.8. The van der Waals surface area contributed by atoms with Crippen LogP contribution < -0.4 is 5.32 Å². The molecule has 2 nitrogen and oxygen atoms in total. The van der Waals surface area contributed by atoms with Crippen LogP contribution in [0.2, 0.25) is 0 Å². The van der Waals surface area contributed by atoms with Crippen LogP contribution in [0.1, 0.15) is 25.3 Å². The first-order valence-corrected chi connectivity index (χ1v) is 7.73. The fraction of sp³-hybridized carbons (Fsp3) is 0.600. The number of thiophene rings is 1. The van der Waals surface area contributed by atoms with E-state index >= 15 is 0 Å².